The minimum atomic E-state index is -4.43. The van der Waals surface area contributed by atoms with Crippen LogP contribution in [-0.2, 0) is 6.18 Å². The van der Waals surface area contributed by atoms with Crippen LogP contribution in [-0.4, -0.2) is 39.5 Å². The lowest BCUT2D eigenvalue weighted by molar-refractivity contribution is -0.137. The molecule has 0 unspecified atom stereocenters. The molecule has 5 rings (SSSR count). The van der Waals surface area contributed by atoms with Crippen LogP contribution < -0.4 is 4.90 Å². The van der Waals surface area contributed by atoms with Crippen LogP contribution >= 0.6 is 23.4 Å². The van der Waals surface area contributed by atoms with Gasteiger partial charge in [0, 0.05) is 41.9 Å². The predicted molar refractivity (Wildman–Crippen MR) is 124 cm³/mol. The minimum Gasteiger partial charge on any atom is -0.368 e. The van der Waals surface area contributed by atoms with Crippen LogP contribution in [0.4, 0.5) is 18.9 Å². The number of aromatic amines is 1. The fourth-order valence-corrected chi connectivity index (χ4v) is 4.96. The van der Waals surface area contributed by atoms with Gasteiger partial charge in [0.1, 0.15) is 11.3 Å². The average Bonchev–Trinajstić information content (AvgIpc) is 3.23. The number of hydrogen-bond donors (Lipinski definition) is 1. The number of pyridine rings is 1. The van der Waals surface area contributed by atoms with Gasteiger partial charge in [0.05, 0.1) is 27.5 Å². The summed E-state index contributed by atoms with van der Waals surface area (Å²) in [7, 11) is 0. The van der Waals surface area contributed by atoms with Gasteiger partial charge in [0.25, 0.3) is 0 Å². The first kappa shape index (κ1) is 21.2. The summed E-state index contributed by atoms with van der Waals surface area (Å²) in [5, 5.41) is 0.549. The number of imidazole rings is 1. The van der Waals surface area contributed by atoms with E-state index >= 15 is 0 Å². The molecule has 2 aromatic carbocycles. The Balaban J connectivity index is 1.57. The number of benzene rings is 2. The number of fused-ring (bicyclic) bond motifs is 1. The van der Waals surface area contributed by atoms with E-state index in [1.54, 1.807) is 30.1 Å². The second-order valence-electron chi connectivity index (χ2n) is 7.49. The summed E-state index contributed by atoms with van der Waals surface area (Å²) in [6.45, 7) is 1.39. The van der Waals surface area contributed by atoms with E-state index in [0.717, 1.165) is 28.7 Å². The highest BCUT2D eigenvalue weighted by Gasteiger charge is 2.33. The van der Waals surface area contributed by atoms with Gasteiger partial charge < -0.3 is 9.88 Å². The van der Waals surface area contributed by atoms with Gasteiger partial charge in [-0.2, -0.15) is 24.9 Å². The van der Waals surface area contributed by atoms with E-state index in [2.05, 4.69) is 15.0 Å². The van der Waals surface area contributed by atoms with Crippen LogP contribution in [0.25, 0.3) is 33.7 Å². The molecule has 1 saturated heterocycles. The third kappa shape index (κ3) is 4.04. The molecule has 4 nitrogen and oxygen atoms in total. The van der Waals surface area contributed by atoms with E-state index in [0.29, 0.717) is 46.4 Å². The molecule has 32 heavy (non-hydrogen) atoms. The number of nitrogens with one attached hydrogen (secondary N) is 1. The maximum absolute atomic E-state index is 13.6. The van der Waals surface area contributed by atoms with Crippen molar-refractivity contribution >= 4 is 40.1 Å². The Morgan fingerprint density at radius 1 is 1.00 bits per heavy atom. The van der Waals surface area contributed by atoms with Gasteiger partial charge in [-0.15, -0.1) is 0 Å². The van der Waals surface area contributed by atoms with Gasteiger partial charge in [0.15, 0.2) is 0 Å². The first-order chi connectivity index (χ1) is 15.4. The number of thioether (sulfide) groups is 1. The Hall–Kier alpha value is -2.71. The fourth-order valence-electron chi connectivity index (χ4n) is 3.83. The average molecular weight is 475 g/mol. The number of rotatable bonds is 3. The molecule has 2 aromatic heterocycles. The number of aromatic nitrogens is 3. The molecule has 0 bridgehead atoms. The van der Waals surface area contributed by atoms with Crippen molar-refractivity contribution in [1.29, 1.82) is 0 Å². The maximum Gasteiger partial charge on any atom is 0.416 e. The SMILES string of the molecule is FC(F)(F)c1cc(N2CCSCC2)c2nc(-c3ccc(-c4ncccc4Cl)cc3)[nH]c2c1. The lowest BCUT2D eigenvalue weighted by atomic mass is 10.1. The molecular formula is C23H18ClF3N4S. The fraction of sp³-hybridized carbons (Fsp3) is 0.217. The third-order valence-corrected chi connectivity index (χ3v) is 6.68. The molecule has 1 fully saturated rings. The third-order valence-electron chi connectivity index (χ3n) is 5.44. The standard InChI is InChI=1S/C23H18ClF3N4S/c24-17-2-1-7-28-20(17)14-3-5-15(6-4-14)22-29-18-12-16(23(25,26)27)13-19(21(18)30-22)31-8-10-32-11-9-31/h1-7,12-13H,8-11H2,(H,29,30). The quantitative estimate of drug-likeness (QED) is 0.367. The highest BCUT2D eigenvalue weighted by atomic mass is 35.5. The van der Waals surface area contributed by atoms with Crippen molar-refractivity contribution in [3.05, 3.63) is 65.3 Å². The van der Waals surface area contributed by atoms with E-state index in [9.17, 15) is 13.2 Å². The van der Waals surface area contributed by atoms with E-state index in [4.69, 9.17) is 11.6 Å². The van der Waals surface area contributed by atoms with Gasteiger partial charge in [-0.05, 0) is 24.3 Å². The number of halogens is 4. The minimum absolute atomic E-state index is 0.375. The molecule has 1 aliphatic heterocycles. The van der Waals surface area contributed by atoms with Crippen LogP contribution in [0.5, 0.6) is 0 Å². The van der Waals surface area contributed by atoms with Crippen molar-refractivity contribution in [3.8, 4) is 22.6 Å². The molecule has 1 N–H and O–H groups in total. The summed E-state index contributed by atoms with van der Waals surface area (Å²) in [5.41, 5.74) is 3.07. The van der Waals surface area contributed by atoms with Crippen molar-refractivity contribution in [3.63, 3.8) is 0 Å². The Kier molecular flexibility index (Phi) is 5.51. The lowest BCUT2D eigenvalue weighted by Gasteiger charge is -2.29. The zero-order chi connectivity index (χ0) is 22.3. The van der Waals surface area contributed by atoms with Crippen molar-refractivity contribution < 1.29 is 13.2 Å². The van der Waals surface area contributed by atoms with Crippen LogP contribution in [0.15, 0.2) is 54.7 Å². The summed E-state index contributed by atoms with van der Waals surface area (Å²) < 4.78 is 40.7. The lowest BCUT2D eigenvalue weighted by Crippen LogP contribution is -2.32. The first-order valence-corrected chi connectivity index (χ1v) is 11.6. The molecule has 164 valence electrons. The Morgan fingerprint density at radius 2 is 1.72 bits per heavy atom. The Morgan fingerprint density at radius 3 is 2.41 bits per heavy atom. The molecule has 0 amide bonds. The summed E-state index contributed by atoms with van der Waals surface area (Å²) >= 11 is 8.04. The largest absolute Gasteiger partial charge is 0.416 e. The number of H-pyrrole nitrogens is 1. The molecule has 0 radical (unpaired) electrons. The monoisotopic (exact) mass is 474 g/mol. The Labute approximate surface area is 191 Å². The van der Waals surface area contributed by atoms with Crippen molar-refractivity contribution in [1.82, 2.24) is 15.0 Å². The van der Waals surface area contributed by atoms with Crippen molar-refractivity contribution in [2.24, 2.45) is 0 Å². The van der Waals surface area contributed by atoms with Crippen LogP contribution in [0, 0.1) is 0 Å². The molecule has 3 heterocycles. The van der Waals surface area contributed by atoms with Crippen LogP contribution in [0.3, 0.4) is 0 Å². The van der Waals surface area contributed by atoms with Crippen molar-refractivity contribution in [2.45, 2.75) is 6.18 Å². The molecule has 1 aliphatic rings. The second kappa shape index (κ2) is 8.33. The molecule has 4 aromatic rings. The number of anilines is 1. The number of alkyl halides is 3. The van der Waals surface area contributed by atoms with Gasteiger partial charge >= 0.3 is 6.18 Å². The van der Waals surface area contributed by atoms with E-state index < -0.39 is 11.7 Å². The smallest absolute Gasteiger partial charge is 0.368 e. The topological polar surface area (TPSA) is 44.8 Å². The van der Waals surface area contributed by atoms with Gasteiger partial charge in [-0.1, -0.05) is 35.9 Å². The molecule has 9 heteroatoms. The maximum atomic E-state index is 13.6. The zero-order valence-corrected chi connectivity index (χ0v) is 18.4. The molecule has 0 aliphatic carbocycles. The predicted octanol–water partition coefficient (Wildman–Crippen LogP) is 6.52. The Bertz CT molecular complexity index is 1260. The molecule has 0 saturated carbocycles. The summed E-state index contributed by atoms with van der Waals surface area (Å²) in [6, 6.07) is 13.4. The first-order valence-electron chi connectivity index (χ1n) is 10.0. The second-order valence-corrected chi connectivity index (χ2v) is 9.12. The van der Waals surface area contributed by atoms with Gasteiger partial charge in [-0.3, -0.25) is 4.98 Å². The van der Waals surface area contributed by atoms with Crippen LogP contribution in [0.1, 0.15) is 5.56 Å². The highest BCUT2D eigenvalue weighted by molar-refractivity contribution is 7.99. The number of nitrogens with zero attached hydrogens (tertiary/aromatic N) is 3. The summed E-state index contributed by atoms with van der Waals surface area (Å²) in [4.78, 5) is 14.1. The van der Waals surface area contributed by atoms with E-state index in [1.165, 1.54) is 6.07 Å². The van der Waals surface area contributed by atoms with E-state index in [1.807, 2.05) is 29.2 Å². The highest BCUT2D eigenvalue weighted by Crippen LogP contribution is 2.38. The normalized spacial score (nSPS) is 14.8. The van der Waals surface area contributed by atoms with E-state index in [-0.39, 0.29) is 0 Å². The molecule has 0 spiro atoms. The summed E-state index contributed by atoms with van der Waals surface area (Å²) in [6.07, 6.45) is -2.75. The zero-order valence-electron chi connectivity index (χ0n) is 16.8. The number of hydrogen-bond acceptors (Lipinski definition) is 4. The molecular weight excluding hydrogens is 457 g/mol. The van der Waals surface area contributed by atoms with Crippen LogP contribution in [0.2, 0.25) is 5.02 Å². The van der Waals surface area contributed by atoms with Gasteiger partial charge in [-0.25, -0.2) is 4.98 Å². The van der Waals surface area contributed by atoms with Gasteiger partial charge in [0.2, 0.25) is 0 Å². The molecule has 0 atom stereocenters. The van der Waals surface area contributed by atoms with Crippen molar-refractivity contribution in [2.75, 3.05) is 29.5 Å². The summed E-state index contributed by atoms with van der Waals surface area (Å²) in [5.74, 6) is 2.28.